The zero-order chi connectivity index (χ0) is 26.0. The topological polar surface area (TPSA) is 75.7 Å². The van der Waals surface area contributed by atoms with Gasteiger partial charge >= 0.3 is 0 Å². The largest absolute Gasteiger partial charge is 0.381 e. The van der Waals surface area contributed by atoms with E-state index < -0.39 is 9.84 Å². The second kappa shape index (κ2) is 10.9. The van der Waals surface area contributed by atoms with Crippen LogP contribution in [-0.2, 0) is 25.9 Å². The number of fused-ring (bicyclic) bond motifs is 1. The highest BCUT2D eigenvalue weighted by Crippen LogP contribution is 2.33. The SMILES string of the molecule is Cc1csc(-c2ccc3c(c2)C=C(C(=O)Nc2ccc(CN(C)C4CCOCC4)cc2)CCS3(=O)=O)c1. The fourth-order valence-corrected chi connectivity index (χ4v) is 7.28. The molecule has 1 aromatic heterocycles. The average Bonchev–Trinajstić information content (AvgIpc) is 3.28. The van der Waals surface area contributed by atoms with E-state index in [2.05, 4.69) is 28.7 Å². The van der Waals surface area contributed by atoms with Gasteiger partial charge < -0.3 is 10.1 Å². The van der Waals surface area contributed by atoms with Crippen LogP contribution in [0, 0.1) is 6.92 Å². The molecule has 1 amide bonds. The maximum Gasteiger partial charge on any atom is 0.251 e. The molecule has 2 aliphatic rings. The number of sulfone groups is 1. The zero-order valence-corrected chi connectivity index (χ0v) is 22.8. The lowest BCUT2D eigenvalue weighted by Crippen LogP contribution is -2.36. The lowest BCUT2D eigenvalue weighted by Gasteiger charge is -2.31. The van der Waals surface area contributed by atoms with Crippen molar-refractivity contribution >= 4 is 38.8 Å². The lowest BCUT2D eigenvalue weighted by atomic mass is 10.0. The van der Waals surface area contributed by atoms with Gasteiger partial charge in [-0.3, -0.25) is 9.69 Å². The molecule has 5 rings (SSSR count). The van der Waals surface area contributed by atoms with Gasteiger partial charge in [0.15, 0.2) is 9.84 Å². The van der Waals surface area contributed by atoms with E-state index >= 15 is 0 Å². The normalized spacial score (nSPS) is 17.6. The summed E-state index contributed by atoms with van der Waals surface area (Å²) in [5.41, 5.74) is 5.02. The van der Waals surface area contributed by atoms with Gasteiger partial charge in [-0.05, 0) is 97.3 Å². The molecule has 37 heavy (non-hydrogen) atoms. The van der Waals surface area contributed by atoms with Crippen LogP contribution in [0.2, 0.25) is 0 Å². The van der Waals surface area contributed by atoms with Gasteiger partial charge in [-0.15, -0.1) is 11.3 Å². The highest BCUT2D eigenvalue weighted by atomic mass is 32.2. The van der Waals surface area contributed by atoms with Gasteiger partial charge in [-0.2, -0.15) is 0 Å². The lowest BCUT2D eigenvalue weighted by molar-refractivity contribution is -0.112. The number of nitrogens with one attached hydrogen (secondary N) is 1. The zero-order valence-electron chi connectivity index (χ0n) is 21.2. The third-order valence-corrected chi connectivity index (χ3v) is 9.96. The standard InChI is InChI=1S/C29H32N2O4S2/c1-20-15-27(36-19-20)22-5-8-28-24(16-22)17-23(11-14-37(28,33)34)29(32)30-25-6-3-21(4-7-25)18-31(2)26-9-12-35-13-10-26/h3-8,15-17,19,26H,9-14,18H2,1-2H3,(H,30,32). The van der Waals surface area contributed by atoms with E-state index in [4.69, 9.17) is 4.74 Å². The Morgan fingerprint density at radius 3 is 2.57 bits per heavy atom. The summed E-state index contributed by atoms with van der Waals surface area (Å²) < 4.78 is 31.3. The number of hydrogen-bond donors (Lipinski definition) is 1. The quantitative estimate of drug-likeness (QED) is 0.448. The Morgan fingerprint density at radius 2 is 1.86 bits per heavy atom. The summed E-state index contributed by atoms with van der Waals surface area (Å²) in [5.74, 6) is -0.360. The second-order valence-corrected chi connectivity index (χ2v) is 12.9. The molecule has 3 aromatic rings. The third-order valence-electron chi connectivity index (χ3n) is 7.08. The summed E-state index contributed by atoms with van der Waals surface area (Å²) in [7, 11) is -1.34. The van der Waals surface area contributed by atoms with E-state index in [9.17, 15) is 13.2 Å². The molecule has 0 saturated carbocycles. The molecule has 0 bridgehead atoms. The van der Waals surface area contributed by atoms with Crippen molar-refractivity contribution in [1.29, 1.82) is 0 Å². The second-order valence-electron chi connectivity index (χ2n) is 9.89. The maximum absolute atomic E-state index is 13.2. The number of hydrogen-bond acceptors (Lipinski definition) is 6. The molecule has 0 atom stereocenters. The maximum atomic E-state index is 13.2. The summed E-state index contributed by atoms with van der Waals surface area (Å²) in [6, 6.07) is 15.9. The number of thiophene rings is 1. The molecule has 194 valence electrons. The monoisotopic (exact) mass is 536 g/mol. The molecule has 6 nitrogen and oxygen atoms in total. The summed E-state index contributed by atoms with van der Waals surface area (Å²) in [5, 5.41) is 5.03. The Hall–Kier alpha value is -2.78. The van der Waals surface area contributed by atoms with Crippen molar-refractivity contribution in [2.75, 3.05) is 31.3 Å². The van der Waals surface area contributed by atoms with Gasteiger partial charge in [0.1, 0.15) is 0 Å². The highest BCUT2D eigenvalue weighted by molar-refractivity contribution is 7.91. The van der Waals surface area contributed by atoms with Crippen molar-refractivity contribution in [2.45, 2.75) is 43.7 Å². The van der Waals surface area contributed by atoms with Gasteiger partial charge in [-0.1, -0.05) is 18.2 Å². The van der Waals surface area contributed by atoms with E-state index in [1.54, 1.807) is 23.5 Å². The molecule has 0 aliphatic carbocycles. The first-order valence-electron chi connectivity index (χ1n) is 12.6. The molecule has 1 fully saturated rings. The number of aryl methyl sites for hydroxylation is 1. The van der Waals surface area contributed by atoms with Crippen molar-refractivity contribution in [3.63, 3.8) is 0 Å². The molecule has 1 N–H and O–H groups in total. The summed E-state index contributed by atoms with van der Waals surface area (Å²) in [6.45, 7) is 4.51. The predicted molar refractivity (Wildman–Crippen MR) is 150 cm³/mol. The van der Waals surface area contributed by atoms with Crippen LogP contribution in [0.25, 0.3) is 16.5 Å². The number of nitrogens with zero attached hydrogens (tertiary/aromatic N) is 1. The number of carbonyl (C=O) groups excluding carboxylic acids is 1. The molecular weight excluding hydrogens is 504 g/mol. The molecule has 1 saturated heterocycles. The number of ether oxygens (including phenoxy) is 1. The Kier molecular flexibility index (Phi) is 7.62. The molecule has 2 aromatic carbocycles. The summed E-state index contributed by atoms with van der Waals surface area (Å²) in [6.07, 6.45) is 4.00. The minimum Gasteiger partial charge on any atom is -0.381 e. The van der Waals surface area contributed by atoms with Gasteiger partial charge in [0.25, 0.3) is 5.91 Å². The molecule has 8 heteroatoms. The van der Waals surface area contributed by atoms with Crippen LogP contribution in [0.4, 0.5) is 5.69 Å². The van der Waals surface area contributed by atoms with Crippen LogP contribution >= 0.6 is 11.3 Å². The first-order valence-corrected chi connectivity index (χ1v) is 15.1. The molecule has 0 unspecified atom stereocenters. The third kappa shape index (κ3) is 6.04. The summed E-state index contributed by atoms with van der Waals surface area (Å²) in [4.78, 5) is 16.9. The Morgan fingerprint density at radius 1 is 1.11 bits per heavy atom. The molecular formula is C29H32N2O4S2. The first kappa shape index (κ1) is 25.9. The van der Waals surface area contributed by atoms with Gasteiger partial charge in [0, 0.05) is 41.9 Å². The van der Waals surface area contributed by atoms with Crippen LogP contribution in [0.1, 0.15) is 36.0 Å². The molecule has 0 spiro atoms. The van der Waals surface area contributed by atoms with E-state index in [1.165, 1.54) is 11.1 Å². The summed E-state index contributed by atoms with van der Waals surface area (Å²) >= 11 is 1.62. The van der Waals surface area contributed by atoms with Crippen LogP contribution in [0.3, 0.4) is 0 Å². The molecule has 3 heterocycles. The molecule has 0 radical (unpaired) electrons. The van der Waals surface area contributed by atoms with E-state index in [0.717, 1.165) is 43.0 Å². The van der Waals surface area contributed by atoms with Crippen LogP contribution in [0.15, 0.2) is 64.4 Å². The fraction of sp³-hybridized carbons (Fsp3) is 0.345. The first-order chi connectivity index (χ1) is 17.8. The van der Waals surface area contributed by atoms with Gasteiger partial charge in [0.05, 0.1) is 10.6 Å². The van der Waals surface area contributed by atoms with E-state index in [0.29, 0.717) is 22.9 Å². The fourth-order valence-electron chi connectivity index (χ4n) is 4.92. The Balaban J connectivity index is 1.31. The van der Waals surface area contributed by atoms with Gasteiger partial charge in [0.2, 0.25) is 0 Å². The van der Waals surface area contributed by atoms with Crippen LogP contribution in [-0.4, -0.2) is 51.3 Å². The number of rotatable bonds is 6. The number of anilines is 1. The minimum atomic E-state index is -3.48. The minimum absolute atomic E-state index is 0.0891. The van der Waals surface area contributed by atoms with E-state index in [1.807, 2.05) is 43.3 Å². The van der Waals surface area contributed by atoms with Crippen LogP contribution in [0.5, 0.6) is 0 Å². The highest BCUT2D eigenvalue weighted by Gasteiger charge is 2.25. The van der Waals surface area contributed by atoms with Crippen LogP contribution < -0.4 is 5.32 Å². The Bertz CT molecular complexity index is 1420. The van der Waals surface area contributed by atoms with E-state index in [-0.39, 0.29) is 23.0 Å². The van der Waals surface area contributed by atoms with Crippen molar-refractivity contribution in [2.24, 2.45) is 0 Å². The van der Waals surface area contributed by atoms with Crippen molar-refractivity contribution in [3.05, 3.63) is 76.2 Å². The average molecular weight is 537 g/mol. The van der Waals surface area contributed by atoms with Crippen molar-refractivity contribution in [1.82, 2.24) is 4.90 Å². The number of benzene rings is 2. The van der Waals surface area contributed by atoms with Crippen molar-refractivity contribution in [3.8, 4) is 10.4 Å². The smallest absolute Gasteiger partial charge is 0.251 e. The number of carbonyl (C=O) groups is 1. The Labute approximate surface area is 222 Å². The predicted octanol–water partition coefficient (Wildman–Crippen LogP) is 5.53. The van der Waals surface area contributed by atoms with Crippen molar-refractivity contribution < 1.29 is 17.9 Å². The number of amides is 1. The van der Waals surface area contributed by atoms with Gasteiger partial charge in [-0.25, -0.2) is 8.42 Å². The molecule has 2 aliphatic heterocycles.